The first kappa shape index (κ1) is 38.7. The van der Waals surface area contributed by atoms with Crippen LogP contribution in [0.4, 0.5) is 34.1 Å². The van der Waals surface area contributed by atoms with Gasteiger partial charge in [-0.3, -0.25) is 0 Å². The van der Waals surface area contributed by atoms with Crippen molar-refractivity contribution in [1.29, 1.82) is 0 Å². The summed E-state index contributed by atoms with van der Waals surface area (Å²) in [6.45, 7) is 0. The van der Waals surface area contributed by atoms with Gasteiger partial charge in [0.1, 0.15) is 0 Å². The second-order valence-corrected chi connectivity index (χ2v) is 17.6. The van der Waals surface area contributed by atoms with E-state index in [0.717, 1.165) is 34.1 Å². The van der Waals surface area contributed by atoms with Crippen LogP contribution in [0.15, 0.2) is 267 Å². The lowest BCUT2D eigenvalue weighted by atomic mass is 9.70. The quantitative estimate of drug-likeness (QED) is 0.150. The van der Waals surface area contributed by atoms with Crippen LogP contribution in [0.5, 0.6) is 0 Å². The highest BCUT2D eigenvalue weighted by Gasteiger charge is 2.52. The molecule has 0 aromatic heterocycles. The first-order valence-electron chi connectivity index (χ1n) is 23.2. The molecular weight excluding hydrogens is 809 g/mol. The second kappa shape index (κ2) is 15.8. The number of anilines is 6. The standard InChI is InChI=1S/C65H44N2/c1-5-18-45(19-6-1)46-32-35-51(36-33-46)66(49-23-9-3-10-24-49)53-38-40-58-56-27-13-15-30-61(56)65(63(58)43-53)62-31-16-14-28-57(62)59-41-39-54(44-64(59)65)67(50-25-11-4-12-26-50)52-37-34-48-22-17-29-55(60(48)42-52)47-20-7-2-8-21-47/h1-44H. The number of hydrogen-bond acceptors (Lipinski definition) is 2. The maximum absolute atomic E-state index is 2.49. The molecule has 1 spiro atoms. The monoisotopic (exact) mass is 852 g/mol. The molecule has 13 rings (SSSR count). The third-order valence-corrected chi connectivity index (χ3v) is 14.0. The molecule has 2 aliphatic rings. The molecule has 314 valence electrons. The summed E-state index contributed by atoms with van der Waals surface area (Å²) in [6, 6.07) is 98.1. The molecule has 2 heteroatoms. The zero-order valence-electron chi connectivity index (χ0n) is 36.8. The van der Waals surface area contributed by atoms with E-state index < -0.39 is 5.41 Å². The van der Waals surface area contributed by atoms with Crippen molar-refractivity contribution in [3.8, 4) is 44.5 Å². The van der Waals surface area contributed by atoms with E-state index in [0.29, 0.717) is 0 Å². The minimum absolute atomic E-state index is 0.574. The van der Waals surface area contributed by atoms with Gasteiger partial charge < -0.3 is 9.80 Å². The van der Waals surface area contributed by atoms with E-state index in [1.54, 1.807) is 0 Å². The Balaban J connectivity index is 1.03. The predicted molar refractivity (Wildman–Crippen MR) is 280 cm³/mol. The van der Waals surface area contributed by atoms with Gasteiger partial charge in [-0.25, -0.2) is 0 Å². The Hall–Kier alpha value is -8.72. The van der Waals surface area contributed by atoms with E-state index in [1.807, 2.05) is 0 Å². The van der Waals surface area contributed by atoms with Gasteiger partial charge in [-0.1, -0.05) is 194 Å². The van der Waals surface area contributed by atoms with E-state index in [1.165, 1.54) is 77.5 Å². The van der Waals surface area contributed by atoms with E-state index in [-0.39, 0.29) is 0 Å². The van der Waals surface area contributed by atoms with Crippen LogP contribution in [0.3, 0.4) is 0 Å². The van der Waals surface area contributed by atoms with Crippen LogP contribution in [0, 0.1) is 0 Å². The number of hydrogen-bond donors (Lipinski definition) is 0. The summed E-state index contributed by atoms with van der Waals surface area (Å²) >= 11 is 0. The van der Waals surface area contributed by atoms with Gasteiger partial charge in [-0.2, -0.15) is 0 Å². The predicted octanol–water partition coefficient (Wildman–Crippen LogP) is 17.5. The Labute approximate surface area is 391 Å². The lowest BCUT2D eigenvalue weighted by Gasteiger charge is -2.33. The average Bonchev–Trinajstić information content (AvgIpc) is 3.87. The fourth-order valence-electron chi connectivity index (χ4n) is 11.1. The van der Waals surface area contributed by atoms with Crippen molar-refractivity contribution in [2.75, 3.05) is 9.80 Å². The maximum Gasteiger partial charge on any atom is 0.0727 e. The molecule has 0 amide bonds. The fraction of sp³-hybridized carbons (Fsp3) is 0.0154. The fourth-order valence-corrected chi connectivity index (χ4v) is 11.1. The van der Waals surface area contributed by atoms with Crippen LogP contribution in [0.1, 0.15) is 22.3 Å². The zero-order chi connectivity index (χ0) is 44.3. The molecule has 2 aliphatic carbocycles. The lowest BCUT2D eigenvalue weighted by Crippen LogP contribution is -2.26. The highest BCUT2D eigenvalue weighted by molar-refractivity contribution is 6.01. The molecule has 0 heterocycles. The second-order valence-electron chi connectivity index (χ2n) is 17.6. The van der Waals surface area contributed by atoms with E-state index in [4.69, 9.17) is 0 Å². The topological polar surface area (TPSA) is 6.48 Å². The number of rotatable bonds is 8. The Bertz CT molecular complexity index is 3610. The van der Waals surface area contributed by atoms with E-state index >= 15 is 0 Å². The van der Waals surface area contributed by atoms with Crippen molar-refractivity contribution in [3.63, 3.8) is 0 Å². The number of para-hydroxylation sites is 2. The van der Waals surface area contributed by atoms with Crippen LogP contribution in [-0.4, -0.2) is 0 Å². The van der Waals surface area contributed by atoms with Crippen LogP contribution in [0.25, 0.3) is 55.3 Å². The molecule has 11 aromatic rings. The summed E-state index contributed by atoms with van der Waals surface area (Å²) in [5.74, 6) is 0. The normalized spacial score (nSPS) is 14.0. The van der Waals surface area contributed by atoms with Gasteiger partial charge in [-0.15, -0.1) is 0 Å². The minimum Gasteiger partial charge on any atom is -0.310 e. The summed E-state index contributed by atoms with van der Waals surface area (Å²) in [4.78, 5) is 4.84. The largest absolute Gasteiger partial charge is 0.310 e. The van der Waals surface area contributed by atoms with Crippen molar-refractivity contribution in [2.24, 2.45) is 0 Å². The Morgan fingerprint density at radius 1 is 0.224 bits per heavy atom. The van der Waals surface area contributed by atoms with Crippen molar-refractivity contribution in [3.05, 3.63) is 289 Å². The summed E-state index contributed by atoms with van der Waals surface area (Å²) in [5, 5.41) is 2.44. The summed E-state index contributed by atoms with van der Waals surface area (Å²) in [6.07, 6.45) is 0. The number of benzene rings is 11. The van der Waals surface area contributed by atoms with Gasteiger partial charge in [0.2, 0.25) is 0 Å². The van der Waals surface area contributed by atoms with Crippen molar-refractivity contribution in [2.45, 2.75) is 5.41 Å². The highest BCUT2D eigenvalue weighted by atomic mass is 15.1. The Morgan fingerprint density at radius 2 is 0.612 bits per heavy atom. The van der Waals surface area contributed by atoms with E-state index in [9.17, 15) is 0 Å². The zero-order valence-corrected chi connectivity index (χ0v) is 36.8. The van der Waals surface area contributed by atoms with Gasteiger partial charge in [0.25, 0.3) is 0 Å². The van der Waals surface area contributed by atoms with Crippen molar-refractivity contribution >= 4 is 44.9 Å². The Kier molecular flexibility index (Phi) is 9.11. The SMILES string of the molecule is c1ccc(-c2ccc(N(c3ccccc3)c3ccc4c(c3)C3(c5ccccc5-4)c4ccccc4-c4ccc(N(c5ccccc5)c5ccc6cccc(-c7ccccc7)c6c5)cc43)cc2)cc1. The van der Waals surface area contributed by atoms with Gasteiger partial charge in [0.05, 0.1) is 5.41 Å². The summed E-state index contributed by atoms with van der Waals surface area (Å²) in [5.41, 5.74) is 21.2. The smallest absolute Gasteiger partial charge is 0.0727 e. The lowest BCUT2D eigenvalue weighted by molar-refractivity contribution is 0.793. The minimum atomic E-state index is -0.574. The molecule has 0 fully saturated rings. The molecule has 2 nitrogen and oxygen atoms in total. The van der Waals surface area contributed by atoms with Crippen LogP contribution in [-0.2, 0) is 5.41 Å². The molecule has 11 aromatic carbocycles. The van der Waals surface area contributed by atoms with Crippen LogP contribution < -0.4 is 9.80 Å². The molecule has 0 aliphatic heterocycles. The van der Waals surface area contributed by atoms with E-state index in [2.05, 4.69) is 277 Å². The third kappa shape index (κ3) is 6.18. The summed E-state index contributed by atoms with van der Waals surface area (Å²) < 4.78 is 0. The molecule has 0 saturated heterocycles. The Morgan fingerprint density at radius 3 is 1.18 bits per heavy atom. The molecule has 1 unspecified atom stereocenters. The third-order valence-electron chi connectivity index (χ3n) is 14.0. The van der Waals surface area contributed by atoms with Crippen LogP contribution in [0.2, 0.25) is 0 Å². The van der Waals surface area contributed by atoms with Gasteiger partial charge in [0.15, 0.2) is 0 Å². The van der Waals surface area contributed by atoms with Gasteiger partial charge >= 0.3 is 0 Å². The van der Waals surface area contributed by atoms with Gasteiger partial charge in [-0.05, 0) is 150 Å². The number of nitrogens with zero attached hydrogens (tertiary/aromatic N) is 2. The van der Waals surface area contributed by atoms with Crippen LogP contribution >= 0.6 is 0 Å². The molecule has 67 heavy (non-hydrogen) atoms. The first-order valence-corrected chi connectivity index (χ1v) is 23.2. The molecule has 0 N–H and O–H groups in total. The summed E-state index contributed by atoms with van der Waals surface area (Å²) in [7, 11) is 0. The highest BCUT2D eigenvalue weighted by Crippen LogP contribution is 2.64. The maximum atomic E-state index is 2.49. The first-order chi connectivity index (χ1) is 33.2. The molecule has 1 atom stereocenters. The molecule has 0 radical (unpaired) electrons. The van der Waals surface area contributed by atoms with Crippen molar-refractivity contribution in [1.82, 2.24) is 0 Å². The van der Waals surface area contributed by atoms with Crippen molar-refractivity contribution < 1.29 is 0 Å². The average molecular weight is 853 g/mol. The molecule has 0 bridgehead atoms. The van der Waals surface area contributed by atoms with Gasteiger partial charge in [0, 0.05) is 34.1 Å². The molecular formula is C65H44N2. The number of fused-ring (bicyclic) bond motifs is 11. The molecule has 0 saturated carbocycles.